The standard InChI is InChI=1S/C14H18N2O3S/c1-11(17)14-5-6-16(9-14)20(18,19)10-13-4-2-3-12(7-13)8-15/h2-4,7,11,14,17H,5-6,9-10H2,1H3. The average molecular weight is 294 g/mol. The Morgan fingerprint density at radius 3 is 2.90 bits per heavy atom. The van der Waals surface area contributed by atoms with Crippen LogP contribution in [-0.4, -0.2) is 37.0 Å². The number of hydrogen-bond acceptors (Lipinski definition) is 4. The summed E-state index contributed by atoms with van der Waals surface area (Å²) in [4.78, 5) is 0. The Balaban J connectivity index is 2.10. The van der Waals surface area contributed by atoms with Gasteiger partial charge in [-0.25, -0.2) is 12.7 Å². The first-order chi connectivity index (χ1) is 9.42. The van der Waals surface area contributed by atoms with Crippen molar-refractivity contribution in [3.63, 3.8) is 0 Å². The molecule has 1 aromatic rings. The maximum atomic E-state index is 12.3. The van der Waals surface area contributed by atoms with E-state index in [-0.39, 0.29) is 11.7 Å². The summed E-state index contributed by atoms with van der Waals surface area (Å²) in [6, 6.07) is 8.64. The van der Waals surface area contributed by atoms with Crippen molar-refractivity contribution in [1.82, 2.24) is 4.31 Å². The number of nitrogens with zero attached hydrogens (tertiary/aromatic N) is 2. The Bertz CT molecular complexity index is 620. The van der Waals surface area contributed by atoms with Crippen molar-refractivity contribution in [2.45, 2.75) is 25.2 Å². The molecule has 1 fully saturated rings. The van der Waals surface area contributed by atoms with Crippen LogP contribution in [0, 0.1) is 17.2 Å². The third-order valence-electron chi connectivity index (χ3n) is 3.67. The van der Waals surface area contributed by atoms with Crippen molar-refractivity contribution in [3.05, 3.63) is 35.4 Å². The molecule has 2 atom stereocenters. The Labute approximate surface area is 119 Å². The quantitative estimate of drug-likeness (QED) is 0.901. The van der Waals surface area contributed by atoms with Gasteiger partial charge in [-0.2, -0.15) is 5.26 Å². The van der Waals surface area contributed by atoms with Crippen molar-refractivity contribution in [2.24, 2.45) is 5.92 Å². The summed E-state index contributed by atoms with van der Waals surface area (Å²) in [7, 11) is -3.39. The normalized spacial score (nSPS) is 21.6. The van der Waals surface area contributed by atoms with E-state index >= 15 is 0 Å². The van der Waals surface area contributed by atoms with Gasteiger partial charge in [-0.15, -0.1) is 0 Å². The highest BCUT2D eigenvalue weighted by molar-refractivity contribution is 7.88. The van der Waals surface area contributed by atoms with Crippen molar-refractivity contribution in [2.75, 3.05) is 13.1 Å². The fourth-order valence-electron chi connectivity index (χ4n) is 2.43. The maximum Gasteiger partial charge on any atom is 0.218 e. The van der Waals surface area contributed by atoms with Gasteiger partial charge < -0.3 is 5.11 Å². The second-order valence-electron chi connectivity index (χ2n) is 5.22. The van der Waals surface area contributed by atoms with E-state index in [9.17, 15) is 13.5 Å². The largest absolute Gasteiger partial charge is 0.393 e. The van der Waals surface area contributed by atoms with Crippen molar-refractivity contribution in [3.8, 4) is 6.07 Å². The number of benzene rings is 1. The number of sulfonamides is 1. The zero-order valence-electron chi connectivity index (χ0n) is 11.4. The molecular formula is C14H18N2O3S. The molecule has 2 unspecified atom stereocenters. The number of aliphatic hydroxyl groups is 1. The lowest BCUT2D eigenvalue weighted by molar-refractivity contribution is 0.133. The third-order valence-corrected chi connectivity index (χ3v) is 5.48. The molecule has 5 nitrogen and oxygen atoms in total. The molecule has 108 valence electrons. The molecule has 0 amide bonds. The van der Waals surface area contributed by atoms with E-state index < -0.39 is 16.1 Å². The minimum absolute atomic E-state index is 0.00946. The highest BCUT2D eigenvalue weighted by Crippen LogP contribution is 2.24. The second kappa shape index (κ2) is 5.92. The fourth-order valence-corrected chi connectivity index (χ4v) is 4.02. The van der Waals surface area contributed by atoms with Crippen molar-refractivity contribution in [1.29, 1.82) is 5.26 Å². The first-order valence-corrected chi connectivity index (χ1v) is 8.18. The molecule has 1 aromatic carbocycles. The molecule has 0 bridgehead atoms. The van der Waals surface area contributed by atoms with E-state index in [2.05, 4.69) is 0 Å². The van der Waals surface area contributed by atoms with Gasteiger partial charge >= 0.3 is 0 Å². The molecule has 0 saturated carbocycles. The molecule has 0 aliphatic carbocycles. The van der Waals surface area contributed by atoms with E-state index in [1.54, 1.807) is 31.2 Å². The summed E-state index contributed by atoms with van der Waals surface area (Å²) in [5.41, 5.74) is 1.07. The van der Waals surface area contributed by atoms with Crippen molar-refractivity contribution >= 4 is 10.0 Å². The Morgan fingerprint density at radius 2 is 2.30 bits per heavy atom. The summed E-state index contributed by atoms with van der Waals surface area (Å²) in [6.45, 7) is 2.52. The van der Waals surface area contributed by atoms with Crippen LogP contribution in [0.5, 0.6) is 0 Å². The summed E-state index contributed by atoms with van der Waals surface area (Å²) in [6.07, 6.45) is 0.201. The van der Waals surface area contributed by atoms with Crippen LogP contribution in [0.3, 0.4) is 0 Å². The van der Waals surface area contributed by atoms with E-state index in [0.29, 0.717) is 30.6 Å². The van der Waals surface area contributed by atoms with E-state index in [1.165, 1.54) is 4.31 Å². The van der Waals surface area contributed by atoms with Crippen LogP contribution in [0.4, 0.5) is 0 Å². The second-order valence-corrected chi connectivity index (χ2v) is 7.18. The molecule has 0 radical (unpaired) electrons. The van der Waals surface area contributed by atoms with Gasteiger partial charge in [0, 0.05) is 13.1 Å². The highest BCUT2D eigenvalue weighted by atomic mass is 32.2. The predicted octanol–water partition coefficient (Wildman–Crippen LogP) is 1.09. The van der Waals surface area contributed by atoms with Gasteiger partial charge in [-0.1, -0.05) is 12.1 Å². The van der Waals surface area contributed by atoms with Crippen LogP contribution < -0.4 is 0 Å². The van der Waals surface area contributed by atoms with Crippen molar-refractivity contribution < 1.29 is 13.5 Å². The Kier molecular flexibility index (Phi) is 4.43. The molecule has 0 aromatic heterocycles. The van der Waals surface area contributed by atoms with Crippen LogP contribution in [-0.2, 0) is 15.8 Å². The minimum Gasteiger partial charge on any atom is -0.393 e. The average Bonchev–Trinajstić information content (AvgIpc) is 2.89. The summed E-state index contributed by atoms with van der Waals surface area (Å²) in [5.74, 6) is -0.0927. The molecule has 1 heterocycles. The van der Waals surface area contributed by atoms with Crippen LogP contribution in [0.1, 0.15) is 24.5 Å². The molecule has 1 aliphatic heterocycles. The SMILES string of the molecule is CC(O)C1CCN(S(=O)(=O)Cc2cccc(C#N)c2)C1. The first-order valence-electron chi connectivity index (χ1n) is 6.57. The molecule has 1 aliphatic rings. The topological polar surface area (TPSA) is 81.4 Å². The Hall–Kier alpha value is -1.42. The number of hydrogen-bond donors (Lipinski definition) is 1. The minimum atomic E-state index is -3.39. The van der Waals surface area contributed by atoms with Gasteiger partial charge in [-0.3, -0.25) is 0 Å². The maximum absolute atomic E-state index is 12.3. The van der Waals surface area contributed by atoms with Gasteiger partial charge in [0.2, 0.25) is 10.0 Å². The van der Waals surface area contributed by atoms with Gasteiger partial charge in [0.05, 0.1) is 23.5 Å². The third kappa shape index (κ3) is 3.37. The molecule has 1 saturated heterocycles. The lowest BCUT2D eigenvalue weighted by atomic mass is 10.0. The van der Waals surface area contributed by atoms with Gasteiger partial charge in [0.15, 0.2) is 0 Å². The number of rotatable bonds is 4. The molecule has 0 spiro atoms. The smallest absolute Gasteiger partial charge is 0.218 e. The van der Waals surface area contributed by atoms with Crippen LogP contribution in [0.2, 0.25) is 0 Å². The summed E-state index contributed by atoms with van der Waals surface area (Å²) >= 11 is 0. The zero-order valence-corrected chi connectivity index (χ0v) is 12.2. The highest BCUT2D eigenvalue weighted by Gasteiger charge is 2.33. The lowest BCUT2D eigenvalue weighted by Crippen LogP contribution is -2.31. The Morgan fingerprint density at radius 1 is 1.55 bits per heavy atom. The lowest BCUT2D eigenvalue weighted by Gasteiger charge is -2.17. The van der Waals surface area contributed by atoms with Gasteiger partial charge in [0.25, 0.3) is 0 Å². The van der Waals surface area contributed by atoms with Crippen LogP contribution >= 0.6 is 0 Å². The van der Waals surface area contributed by atoms with E-state index in [1.807, 2.05) is 6.07 Å². The molecule has 2 rings (SSSR count). The fraction of sp³-hybridized carbons (Fsp3) is 0.500. The monoisotopic (exact) mass is 294 g/mol. The van der Waals surface area contributed by atoms with Crippen LogP contribution in [0.25, 0.3) is 0 Å². The van der Waals surface area contributed by atoms with E-state index in [0.717, 1.165) is 0 Å². The van der Waals surface area contributed by atoms with Gasteiger partial charge in [-0.05, 0) is 37.0 Å². The van der Waals surface area contributed by atoms with Crippen LogP contribution in [0.15, 0.2) is 24.3 Å². The molecule has 20 heavy (non-hydrogen) atoms. The van der Waals surface area contributed by atoms with E-state index in [4.69, 9.17) is 5.26 Å². The number of aliphatic hydroxyl groups excluding tert-OH is 1. The molecule has 1 N–H and O–H groups in total. The van der Waals surface area contributed by atoms with Gasteiger partial charge in [0.1, 0.15) is 0 Å². The predicted molar refractivity (Wildman–Crippen MR) is 75.1 cm³/mol. The molecular weight excluding hydrogens is 276 g/mol. The summed E-state index contributed by atoms with van der Waals surface area (Å²) < 4.78 is 26.1. The molecule has 6 heteroatoms. The summed E-state index contributed by atoms with van der Waals surface area (Å²) in [5, 5.41) is 18.4. The first kappa shape index (κ1) is 15.0. The zero-order chi connectivity index (χ0) is 14.8. The number of nitriles is 1.